The molecule has 3 rings (SSSR count). The molecule has 2 aromatic rings. The fourth-order valence-electron chi connectivity index (χ4n) is 3.18. The number of thiophene rings is 1. The van der Waals surface area contributed by atoms with E-state index in [4.69, 9.17) is 17.0 Å². The van der Waals surface area contributed by atoms with E-state index in [1.807, 2.05) is 35.6 Å². The van der Waals surface area contributed by atoms with E-state index in [0.29, 0.717) is 11.2 Å². The summed E-state index contributed by atoms with van der Waals surface area (Å²) in [6.45, 7) is 3.35. The molecule has 4 nitrogen and oxygen atoms in total. The van der Waals surface area contributed by atoms with Crippen molar-refractivity contribution >= 4 is 34.4 Å². The molecule has 0 saturated carbocycles. The van der Waals surface area contributed by atoms with Crippen LogP contribution in [0.1, 0.15) is 23.8 Å². The van der Waals surface area contributed by atoms with Gasteiger partial charge >= 0.3 is 0 Å². The maximum atomic E-state index is 5.47. The summed E-state index contributed by atoms with van der Waals surface area (Å²) in [7, 11) is 1.67. The number of anilines is 1. The molecule has 2 heterocycles. The van der Waals surface area contributed by atoms with Crippen molar-refractivity contribution in [2.75, 3.05) is 32.1 Å². The minimum absolute atomic E-state index is 0.470. The Hall–Kier alpha value is -1.63. The summed E-state index contributed by atoms with van der Waals surface area (Å²) in [4.78, 5) is 3.10. The number of thiocarbonyl (C=S) groups is 1. The van der Waals surface area contributed by atoms with Crippen molar-refractivity contribution < 1.29 is 9.64 Å². The van der Waals surface area contributed by atoms with Crippen LogP contribution >= 0.6 is 23.6 Å². The van der Waals surface area contributed by atoms with Gasteiger partial charge in [0.15, 0.2) is 5.11 Å². The van der Waals surface area contributed by atoms with Crippen LogP contribution in [0, 0.1) is 0 Å². The van der Waals surface area contributed by atoms with Crippen LogP contribution in [0.15, 0.2) is 41.8 Å². The molecule has 1 aliphatic rings. The standard InChI is InChI=1S/C18H23N3OS2/c1-22-15-7-4-6-14(12-15)20-18(23)19-13-16(17-8-5-11-24-17)21-9-2-3-10-21/h4-8,11-12,16H,2-3,9-10,13H2,1H3,(H2,19,20,23)/p+1/t16-/m0/s1. The lowest BCUT2D eigenvalue weighted by Gasteiger charge is -2.24. The number of hydrogen-bond donors (Lipinski definition) is 3. The molecule has 0 aliphatic carbocycles. The summed E-state index contributed by atoms with van der Waals surface area (Å²) in [5.74, 6) is 0.820. The van der Waals surface area contributed by atoms with Crippen LogP contribution in [0.5, 0.6) is 5.75 Å². The van der Waals surface area contributed by atoms with Gasteiger partial charge in [-0.05, 0) is 35.8 Å². The van der Waals surface area contributed by atoms with Gasteiger partial charge in [-0.3, -0.25) is 0 Å². The lowest BCUT2D eigenvalue weighted by Crippen LogP contribution is -3.11. The van der Waals surface area contributed by atoms with E-state index in [0.717, 1.165) is 18.0 Å². The summed E-state index contributed by atoms with van der Waals surface area (Å²) in [5, 5.41) is 9.45. The molecule has 1 aromatic heterocycles. The highest BCUT2D eigenvalue weighted by molar-refractivity contribution is 7.80. The Morgan fingerprint density at radius 1 is 1.29 bits per heavy atom. The van der Waals surface area contributed by atoms with Gasteiger partial charge in [0.2, 0.25) is 0 Å². The zero-order valence-electron chi connectivity index (χ0n) is 13.9. The Kier molecular flexibility index (Phi) is 6.07. The van der Waals surface area contributed by atoms with Crippen molar-refractivity contribution in [3.05, 3.63) is 46.7 Å². The average Bonchev–Trinajstić information content (AvgIpc) is 3.29. The molecular formula is C18H24N3OS2+. The normalized spacial score (nSPS) is 15.9. The molecule has 0 radical (unpaired) electrons. The highest BCUT2D eigenvalue weighted by Crippen LogP contribution is 2.18. The van der Waals surface area contributed by atoms with Gasteiger partial charge in [0.1, 0.15) is 11.8 Å². The Bertz CT molecular complexity index is 654. The minimum Gasteiger partial charge on any atom is -0.497 e. The molecule has 0 amide bonds. The Morgan fingerprint density at radius 2 is 2.12 bits per heavy atom. The van der Waals surface area contributed by atoms with Gasteiger partial charge in [-0.1, -0.05) is 12.1 Å². The Labute approximate surface area is 152 Å². The fraction of sp³-hybridized carbons (Fsp3) is 0.389. The number of methoxy groups -OCH3 is 1. The highest BCUT2D eigenvalue weighted by atomic mass is 32.1. The number of likely N-dealkylation sites (tertiary alicyclic amines) is 1. The first-order valence-corrected chi connectivity index (χ1v) is 9.62. The summed E-state index contributed by atoms with van der Waals surface area (Å²) in [6.07, 6.45) is 2.65. The number of ether oxygens (including phenoxy) is 1. The van der Waals surface area contributed by atoms with Crippen LogP contribution < -0.4 is 20.3 Å². The second-order valence-electron chi connectivity index (χ2n) is 6.00. The minimum atomic E-state index is 0.470. The second-order valence-corrected chi connectivity index (χ2v) is 7.39. The quantitative estimate of drug-likeness (QED) is 0.690. The van der Waals surface area contributed by atoms with Gasteiger partial charge in [0.05, 0.1) is 31.6 Å². The lowest BCUT2D eigenvalue weighted by atomic mass is 10.2. The third kappa shape index (κ3) is 4.47. The lowest BCUT2D eigenvalue weighted by molar-refractivity contribution is -0.918. The van der Waals surface area contributed by atoms with Crippen LogP contribution in [-0.4, -0.2) is 31.9 Å². The van der Waals surface area contributed by atoms with Gasteiger partial charge in [-0.15, -0.1) is 11.3 Å². The molecule has 3 N–H and O–H groups in total. The van der Waals surface area contributed by atoms with Gasteiger partial charge in [-0.2, -0.15) is 0 Å². The molecule has 0 unspecified atom stereocenters. The average molecular weight is 363 g/mol. The Balaban J connectivity index is 1.58. The van der Waals surface area contributed by atoms with Gasteiger partial charge in [-0.25, -0.2) is 0 Å². The van der Waals surface area contributed by atoms with Crippen LogP contribution in [0.25, 0.3) is 0 Å². The number of quaternary nitrogens is 1. The van der Waals surface area contributed by atoms with Gasteiger partial charge < -0.3 is 20.3 Å². The number of benzene rings is 1. The molecule has 1 saturated heterocycles. The first-order valence-electron chi connectivity index (χ1n) is 8.33. The first-order chi connectivity index (χ1) is 11.8. The number of rotatable bonds is 6. The van der Waals surface area contributed by atoms with Crippen LogP contribution in [0.4, 0.5) is 5.69 Å². The van der Waals surface area contributed by atoms with Crippen LogP contribution in [0.2, 0.25) is 0 Å². The maximum absolute atomic E-state index is 5.47. The van der Waals surface area contributed by atoms with E-state index in [9.17, 15) is 0 Å². The molecule has 1 aliphatic heterocycles. The van der Waals surface area contributed by atoms with Gasteiger partial charge in [0.25, 0.3) is 0 Å². The summed E-state index contributed by atoms with van der Waals surface area (Å²) < 4.78 is 5.25. The first kappa shape index (κ1) is 17.2. The molecule has 1 fully saturated rings. The van der Waals surface area contributed by atoms with Crippen molar-refractivity contribution in [3.63, 3.8) is 0 Å². The summed E-state index contributed by atoms with van der Waals surface area (Å²) in [5.41, 5.74) is 0.938. The van der Waals surface area contributed by atoms with E-state index in [-0.39, 0.29) is 0 Å². The van der Waals surface area contributed by atoms with E-state index in [2.05, 4.69) is 28.1 Å². The Morgan fingerprint density at radius 3 is 2.83 bits per heavy atom. The third-order valence-electron chi connectivity index (χ3n) is 4.42. The van der Waals surface area contributed by atoms with E-state index in [1.54, 1.807) is 12.0 Å². The number of hydrogen-bond acceptors (Lipinski definition) is 3. The van der Waals surface area contributed by atoms with Crippen molar-refractivity contribution in [2.24, 2.45) is 0 Å². The van der Waals surface area contributed by atoms with Gasteiger partial charge in [0, 0.05) is 24.6 Å². The van der Waals surface area contributed by atoms with Crippen LogP contribution in [-0.2, 0) is 0 Å². The second kappa shape index (κ2) is 8.46. The SMILES string of the molecule is COc1cccc(NC(=S)NC[C@@H](c2cccs2)[NH+]2CCCC2)c1. The zero-order chi connectivity index (χ0) is 16.8. The third-order valence-corrected chi connectivity index (χ3v) is 5.65. The van der Waals surface area contributed by atoms with E-state index in [1.165, 1.54) is 30.8 Å². The predicted molar refractivity (Wildman–Crippen MR) is 104 cm³/mol. The van der Waals surface area contributed by atoms with Crippen molar-refractivity contribution in [2.45, 2.75) is 18.9 Å². The molecule has 24 heavy (non-hydrogen) atoms. The predicted octanol–water partition coefficient (Wildman–Crippen LogP) is 2.46. The largest absolute Gasteiger partial charge is 0.497 e. The smallest absolute Gasteiger partial charge is 0.171 e. The zero-order valence-corrected chi connectivity index (χ0v) is 15.5. The molecule has 6 heteroatoms. The number of nitrogens with one attached hydrogen (secondary N) is 3. The monoisotopic (exact) mass is 362 g/mol. The van der Waals surface area contributed by atoms with Crippen LogP contribution in [0.3, 0.4) is 0 Å². The maximum Gasteiger partial charge on any atom is 0.171 e. The molecule has 128 valence electrons. The fourth-order valence-corrected chi connectivity index (χ4v) is 4.27. The molecule has 1 atom stereocenters. The molecule has 1 aromatic carbocycles. The highest BCUT2D eigenvalue weighted by Gasteiger charge is 2.28. The van der Waals surface area contributed by atoms with Crippen molar-refractivity contribution in [1.82, 2.24) is 5.32 Å². The van der Waals surface area contributed by atoms with Crippen molar-refractivity contribution in [3.8, 4) is 5.75 Å². The van der Waals surface area contributed by atoms with E-state index < -0.39 is 0 Å². The summed E-state index contributed by atoms with van der Waals surface area (Å²) >= 11 is 7.31. The molecule has 0 bridgehead atoms. The summed E-state index contributed by atoms with van der Waals surface area (Å²) in [6, 6.07) is 12.6. The topological polar surface area (TPSA) is 37.7 Å². The molecular weight excluding hydrogens is 338 g/mol. The molecule has 0 spiro atoms. The van der Waals surface area contributed by atoms with Crippen molar-refractivity contribution in [1.29, 1.82) is 0 Å². The van der Waals surface area contributed by atoms with E-state index >= 15 is 0 Å².